The number of amides is 1. The molecule has 0 fully saturated rings. The highest BCUT2D eigenvalue weighted by Crippen LogP contribution is 2.29. The number of nitrogens with zero attached hydrogens (tertiary/aromatic N) is 3. The zero-order valence-electron chi connectivity index (χ0n) is 12.9. The third kappa shape index (κ3) is 4.03. The number of hydrogen-bond donors (Lipinski definition) is 1. The first kappa shape index (κ1) is 16.7. The van der Waals surface area contributed by atoms with Crippen molar-refractivity contribution in [3.63, 3.8) is 0 Å². The summed E-state index contributed by atoms with van der Waals surface area (Å²) < 4.78 is 39.3. The van der Waals surface area contributed by atoms with E-state index < -0.39 is 17.6 Å². The van der Waals surface area contributed by atoms with Crippen LogP contribution < -0.4 is 5.32 Å². The lowest BCUT2D eigenvalue weighted by Crippen LogP contribution is -2.23. The van der Waals surface area contributed by atoms with Crippen molar-refractivity contribution >= 4 is 5.91 Å². The number of rotatable bonds is 4. The number of carbonyl (C=O) groups is 1. The molecule has 0 spiro atoms. The Bertz CT molecular complexity index is 841. The van der Waals surface area contributed by atoms with Gasteiger partial charge in [-0.15, -0.1) is 0 Å². The molecule has 0 bridgehead atoms. The van der Waals surface area contributed by atoms with Gasteiger partial charge in [0.2, 0.25) is 0 Å². The number of halogens is 3. The molecular formula is C17H13F3N4O. The minimum absolute atomic E-state index is 0.163. The fourth-order valence-corrected chi connectivity index (χ4v) is 2.16. The minimum Gasteiger partial charge on any atom is -0.348 e. The molecule has 0 saturated heterocycles. The molecular weight excluding hydrogens is 333 g/mol. The maximum Gasteiger partial charge on any atom is 0.416 e. The second-order valence-corrected chi connectivity index (χ2v) is 5.25. The second kappa shape index (κ2) is 6.76. The van der Waals surface area contributed by atoms with Crippen molar-refractivity contribution in [1.82, 2.24) is 19.9 Å². The van der Waals surface area contributed by atoms with Gasteiger partial charge in [-0.2, -0.15) is 13.2 Å². The predicted molar refractivity (Wildman–Crippen MR) is 84.0 cm³/mol. The van der Waals surface area contributed by atoms with Crippen LogP contribution in [0.15, 0.2) is 61.3 Å². The summed E-state index contributed by atoms with van der Waals surface area (Å²) >= 11 is 0. The molecule has 0 aliphatic rings. The number of hydrogen-bond acceptors (Lipinski definition) is 3. The Labute approximate surface area is 141 Å². The van der Waals surface area contributed by atoms with Crippen LogP contribution in [0.3, 0.4) is 0 Å². The SMILES string of the molecule is O=C(NCc1ccc(-n2ccnc2)nc1)c1ccc(C(F)(F)F)cc1. The van der Waals surface area contributed by atoms with Crippen LogP contribution in [-0.2, 0) is 12.7 Å². The topological polar surface area (TPSA) is 59.8 Å². The van der Waals surface area contributed by atoms with Gasteiger partial charge in [-0.1, -0.05) is 6.07 Å². The third-order valence-electron chi connectivity index (χ3n) is 3.51. The van der Waals surface area contributed by atoms with Crippen LogP contribution in [0.25, 0.3) is 5.82 Å². The normalized spacial score (nSPS) is 11.3. The third-order valence-corrected chi connectivity index (χ3v) is 3.51. The zero-order valence-corrected chi connectivity index (χ0v) is 12.9. The highest BCUT2D eigenvalue weighted by atomic mass is 19.4. The number of carbonyl (C=O) groups excluding carboxylic acids is 1. The number of benzene rings is 1. The van der Waals surface area contributed by atoms with E-state index in [9.17, 15) is 18.0 Å². The van der Waals surface area contributed by atoms with Crippen LogP contribution in [0.1, 0.15) is 21.5 Å². The Morgan fingerprint density at radius 2 is 1.88 bits per heavy atom. The van der Waals surface area contributed by atoms with Crippen molar-refractivity contribution in [3.05, 3.63) is 78.0 Å². The average Bonchev–Trinajstić information content (AvgIpc) is 3.14. The van der Waals surface area contributed by atoms with Gasteiger partial charge in [0.25, 0.3) is 5.91 Å². The first-order chi connectivity index (χ1) is 11.9. The van der Waals surface area contributed by atoms with Crippen molar-refractivity contribution in [3.8, 4) is 5.82 Å². The molecule has 0 unspecified atom stereocenters. The molecule has 0 aliphatic heterocycles. The maximum atomic E-state index is 12.5. The quantitative estimate of drug-likeness (QED) is 0.789. The summed E-state index contributed by atoms with van der Waals surface area (Å²) in [6.45, 7) is 0.219. The summed E-state index contributed by atoms with van der Waals surface area (Å²) in [6.07, 6.45) is 2.21. The molecule has 3 aromatic rings. The zero-order chi connectivity index (χ0) is 17.9. The van der Waals surface area contributed by atoms with Crippen molar-refractivity contribution in [2.24, 2.45) is 0 Å². The number of imidazole rings is 1. The first-order valence-corrected chi connectivity index (χ1v) is 7.32. The summed E-state index contributed by atoms with van der Waals surface area (Å²) in [7, 11) is 0. The van der Waals surface area contributed by atoms with Gasteiger partial charge in [0, 0.05) is 30.7 Å². The van der Waals surface area contributed by atoms with Crippen molar-refractivity contribution in [1.29, 1.82) is 0 Å². The minimum atomic E-state index is -4.42. The molecule has 1 amide bonds. The molecule has 0 radical (unpaired) electrons. The monoisotopic (exact) mass is 346 g/mol. The highest BCUT2D eigenvalue weighted by molar-refractivity contribution is 5.94. The van der Waals surface area contributed by atoms with E-state index in [0.29, 0.717) is 5.82 Å². The predicted octanol–water partition coefficient (Wildman–Crippen LogP) is 3.22. The molecule has 25 heavy (non-hydrogen) atoms. The van der Waals surface area contributed by atoms with Crippen molar-refractivity contribution in [2.45, 2.75) is 12.7 Å². The van der Waals surface area contributed by atoms with Gasteiger partial charge in [-0.25, -0.2) is 9.97 Å². The van der Waals surface area contributed by atoms with Crippen LogP contribution in [0.5, 0.6) is 0 Å². The molecule has 1 aromatic carbocycles. The molecule has 0 atom stereocenters. The van der Waals surface area contributed by atoms with Crippen LogP contribution in [0.2, 0.25) is 0 Å². The summed E-state index contributed by atoms with van der Waals surface area (Å²) in [6, 6.07) is 7.65. The van der Waals surface area contributed by atoms with Gasteiger partial charge in [0.15, 0.2) is 0 Å². The van der Waals surface area contributed by atoms with Gasteiger partial charge in [-0.05, 0) is 35.9 Å². The summed E-state index contributed by atoms with van der Waals surface area (Å²) in [5, 5.41) is 2.65. The van der Waals surface area contributed by atoms with E-state index in [2.05, 4.69) is 15.3 Å². The maximum absolute atomic E-state index is 12.5. The van der Waals surface area contributed by atoms with Gasteiger partial charge in [-0.3, -0.25) is 9.36 Å². The van der Waals surface area contributed by atoms with Gasteiger partial charge >= 0.3 is 6.18 Å². The lowest BCUT2D eigenvalue weighted by Gasteiger charge is -2.09. The van der Waals surface area contributed by atoms with Crippen LogP contribution >= 0.6 is 0 Å². The van der Waals surface area contributed by atoms with E-state index in [-0.39, 0.29) is 12.1 Å². The van der Waals surface area contributed by atoms with E-state index >= 15 is 0 Å². The van der Waals surface area contributed by atoms with E-state index in [4.69, 9.17) is 0 Å². The molecule has 3 rings (SSSR count). The largest absolute Gasteiger partial charge is 0.416 e. The smallest absolute Gasteiger partial charge is 0.348 e. The summed E-state index contributed by atoms with van der Waals surface area (Å²) in [4.78, 5) is 20.2. The number of alkyl halides is 3. The van der Waals surface area contributed by atoms with Crippen molar-refractivity contribution < 1.29 is 18.0 Å². The lowest BCUT2D eigenvalue weighted by molar-refractivity contribution is -0.137. The van der Waals surface area contributed by atoms with Gasteiger partial charge < -0.3 is 5.32 Å². The first-order valence-electron chi connectivity index (χ1n) is 7.32. The highest BCUT2D eigenvalue weighted by Gasteiger charge is 2.30. The Balaban J connectivity index is 1.60. The van der Waals surface area contributed by atoms with E-state index in [1.807, 2.05) is 0 Å². The average molecular weight is 346 g/mol. The lowest BCUT2D eigenvalue weighted by atomic mass is 10.1. The molecule has 5 nitrogen and oxygen atoms in total. The number of pyridine rings is 1. The van der Waals surface area contributed by atoms with E-state index in [0.717, 1.165) is 29.8 Å². The van der Waals surface area contributed by atoms with Gasteiger partial charge in [0.05, 0.1) is 5.56 Å². The standard InChI is InChI=1S/C17H13F3N4O/c18-17(19,20)14-4-2-13(3-5-14)16(25)23-10-12-1-6-15(22-9-12)24-8-7-21-11-24/h1-9,11H,10H2,(H,23,25). The molecule has 0 saturated carbocycles. The molecule has 128 valence electrons. The number of aromatic nitrogens is 3. The molecule has 8 heteroatoms. The molecule has 2 aromatic heterocycles. The fraction of sp³-hybridized carbons (Fsp3) is 0.118. The van der Waals surface area contributed by atoms with Crippen LogP contribution in [-0.4, -0.2) is 20.4 Å². The van der Waals surface area contributed by atoms with Gasteiger partial charge in [0.1, 0.15) is 12.1 Å². The van der Waals surface area contributed by atoms with E-state index in [1.54, 1.807) is 41.6 Å². The van der Waals surface area contributed by atoms with Crippen LogP contribution in [0.4, 0.5) is 13.2 Å². The van der Waals surface area contributed by atoms with E-state index in [1.165, 1.54) is 0 Å². The van der Waals surface area contributed by atoms with Crippen LogP contribution in [0, 0.1) is 0 Å². The Hall–Kier alpha value is -3.16. The fourth-order valence-electron chi connectivity index (χ4n) is 2.16. The second-order valence-electron chi connectivity index (χ2n) is 5.25. The molecule has 1 N–H and O–H groups in total. The molecule has 2 heterocycles. The Morgan fingerprint density at radius 1 is 1.12 bits per heavy atom. The number of nitrogens with one attached hydrogen (secondary N) is 1. The summed E-state index contributed by atoms with van der Waals surface area (Å²) in [5.74, 6) is 0.239. The Kier molecular flexibility index (Phi) is 4.51. The Morgan fingerprint density at radius 3 is 2.44 bits per heavy atom. The van der Waals surface area contributed by atoms with Crippen molar-refractivity contribution in [2.75, 3.05) is 0 Å². The molecule has 0 aliphatic carbocycles. The summed E-state index contributed by atoms with van der Waals surface area (Å²) in [5.41, 5.74) is 0.142.